The Balaban J connectivity index is 1.90. The molecule has 0 aliphatic carbocycles. The number of nitrogens with one attached hydrogen (secondary N) is 1. The number of carbonyl (C=O) groups is 1. The summed E-state index contributed by atoms with van der Waals surface area (Å²) in [4.78, 5) is 13.7. The van der Waals surface area contributed by atoms with Crippen LogP contribution in [0.4, 0.5) is 0 Å². The van der Waals surface area contributed by atoms with E-state index < -0.39 is 0 Å². The van der Waals surface area contributed by atoms with Gasteiger partial charge in [0, 0.05) is 18.6 Å². The Labute approximate surface area is 87.0 Å². The van der Waals surface area contributed by atoms with Crippen molar-refractivity contribution < 1.29 is 4.79 Å². The van der Waals surface area contributed by atoms with E-state index in [9.17, 15) is 4.79 Å². The van der Waals surface area contributed by atoms with E-state index >= 15 is 0 Å². The van der Waals surface area contributed by atoms with Crippen LogP contribution < -0.4 is 5.32 Å². The van der Waals surface area contributed by atoms with E-state index in [1.54, 1.807) is 0 Å². The van der Waals surface area contributed by atoms with Crippen molar-refractivity contribution in [1.82, 2.24) is 10.2 Å². The highest BCUT2D eigenvalue weighted by molar-refractivity contribution is 9.09. The maximum absolute atomic E-state index is 11.2. The smallest absolute Gasteiger partial charge is 0.230 e. The molecule has 2 saturated heterocycles. The Hall–Kier alpha value is -0.0900. The molecule has 0 saturated carbocycles. The van der Waals surface area contributed by atoms with Gasteiger partial charge in [-0.25, -0.2) is 0 Å². The summed E-state index contributed by atoms with van der Waals surface area (Å²) in [5, 5.41) is 3.50. The summed E-state index contributed by atoms with van der Waals surface area (Å²) in [6.07, 6.45) is 3.68. The zero-order chi connectivity index (χ0) is 9.26. The molecular weight excluding hydrogens is 232 g/mol. The highest BCUT2D eigenvalue weighted by atomic mass is 79.9. The molecule has 2 aliphatic rings. The summed E-state index contributed by atoms with van der Waals surface area (Å²) in [6.45, 7) is 2.39. The fourth-order valence-corrected chi connectivity index (χ4v) is 2.66. The number of hydrogen-bond donors (Lipinski definition) is 1. The summed E-state index contributed by atoms with van der Waals surface area (Å²) < 4.78 is 0. The van der Waals surface area contributed by atoms with E-state index in [-0.39, 0.29) is 5.91 Å². The molecule has 74 valence electrons. The van der Waals surface area contributed by atoms with Gasteiger partial charge in [0.15, 0.2) is 0 Å². The summed E-state index contributed by atoms with van der Waals surface area (Å²) in [5.74, 6) is 0.124. The average molecular weight is 247 g/mol. The van der Waals surface area contributed by atoms with Crippen LogP contribution in [-0.4, -0.2) is 41.3 Å². The molecule has 0 aromatic heterocycles. The van der Waals surface area contributed by atoms with Crippen molar-refractivity contribution >= 4 is 21.8 Å². The van der Waals surface area contributed by atoms with Crippen LogP contribution in [-0.2, 0) is 4.79 Å². The number of hydrogen-bond acceptors (Lipinski definition) is 2. The molecule has 1 N–H and O–H groups in total. The average Bonchev–Trinajstić information content (AvgIpc) is 2.69. The van der Waals surface area contributed by atoms with E-state index in [4.69, 9.17) is 0 Å². The van der Waals surface area contributed by atoms with Crippen molar-refractivity contribution in [2.24, 2.45) is 0 Å². The van der Waals surface area contributed by atoms with Gasteiger partial charge in [0.2, 0.25) is 5.91 Å². The van der Waals surface area contributed by atoms with Gasteiger partial charge in [0.05, 0.1) is 5.33 Å². The van der Waals surface area contributed by atoms with Crippen LogP contribution in [0.3, 0.4) is 0 Å². The zero-order valence-electron chi connectivity index (χ0n) is 7.63. The third-order valence-electron chi connectivity index (χ3n) is 3.07. The summed E-state index contributed by atoms with van der Waals surface area (Å²) in [5.41, 5.74) is 0. The fraction of sp³-hybridized carbons (Fsp3) is 0.889. The normalized spacial score (nSPS) is 33.3. The predicted octanol–water partition coefficient (Wildman–Crippen LogP) is 0.734. The Kier molecular flexibility index (Phi) is 2.89. The lowest BCUT2D eigenvalue weighted by atomic mass is 10.1. The van der Waals surface area contributed by atoms with Crippen LogP contribution in [0.25, 0.3) is 0 Å². The summed E-state index contributed by atoms with van der Waals surface area (Å²) in [7, 11) is 0. The van der Waals surface area contributed by atoms with Crippen LogP contribution in [0.15, 0.2) is 0 Å². The Bertz CT molecular complexity index is 210. The molecule has 0 aromatic carbocycles. The van der Waals surface area contributed by atoms with E-state index in [0.29, 0.717) is 17.4 Å². The molecule has 0 bridgehead atoms. The van der Waals surface area contributed by atoms with E-state index in [2.05, 4.69) is 26.1 Å². The third kappa shape index (κ3) is 1.89. The van der Waals surface area contributed by atoms with Gasteiger partial charge in [-0.15, -0.1) is 0 Å². The molecule has 2 atom stereocenters. The maximum Gasteiger partial charge on any atom is 0.230 e. The van der Waals surface area contributed by atoms with Crippen LogP contribution in [0.1, 0.15) is 19.3 Å². The van der Waals surface area contributed by atoms with Crippen molar-refractivity contribution in [3.8, 4) is 0 Å². The first kappa shape index (κ1) is 9.46. The molecule has 0 aromatic rings. The second-order valence-corrected chi connectivity index (χ2v) is 4.40. The van der Waals surface area contributed by atoms with Gasteiger partial charge in [-0.2, -0.15) is 0 Å². The van der Waals surface area contributed by atoms with Crippen LogP contribution in [0.2, 0.25) is 0 Å². The summed E-state index contributed by atoms with van der Waals surface area (Å²) >= 11 is 3.17. The molecule has 4 heteroatoms. The van der Waals surface area contributed by atoms with Gasteiger partial charge in [0.1, 0.15) is 0 Å². The second kappa shape index (κ2) is 3.96. The van der Waals surface area contributed by atoms with Gasteiger partial charge >= 0.3 is 0 Å². The minimum absolute atomic E-state index is 0.124. The number of alkyl halides is 1. The number of halogens is 1. The molecular formula is C9H15BrN2O. The molecule has 1 amide bonds. The molecule has 2 aliphatic heterocycles. The topological polar surface area (TPSA) is 32.3 Å². The first-order valence-electron chi connectivity index (χ1n) is 4.90. The molecule has 0 radical (unpaired) electrons. The second-order valence-electron chi connectivity index (χ2n) is 3.84. The number of carbonyl (C=O) groups excluding carboxylic acids is 1. The molecule has 3 nitrogen and oxygen atoms in total. The van der Waals surface area contributed by atoms with E-state index in [1.165, 1.54) is 19.4 Å². The van der Waals surface area contributed by atoms with Crippen LogP contribution in [0.5, 0.6) is 0 Å². The number of rotatable bonds is 2. The molecule has 2 heterocycles. The van der Waals surface area contributed by atoms with Crippen LogP contribution >= 0.6 is 15.9 Å². The van der Waals surface area contributed by atoms with E-state index in [1.807, 2.05) is 0 Å². The lowest BCUT2D eigenvalue weighted by Gasteiger charge is -2.20. The van der Waals surface area contributed by atoms with Gasteiger partial charge in [-0.3, -0.25) is 9.69 Å². The monoisotopic (exact) mass is 246 g/mol. The fourth-order valence-electron chi connectivity index (χ4n) is 2.50. The lowest BCUT2D eigenvalue weighted by Crippen LogP contribution is -2.42. The maximum atomic E-state index is 11.2. The van der Waals surface area contributed by atoms with Crippen LogP contribution in [0, 0.1) is 0 Å². The molecule has 13 heavy (non-hydrogen) atoms. The Morgan fingerprint density at radius 3 is 3.08 bits per heavy atom. The Morgan fingerprint density at radius 1 is 1.46 bits per heavy atom. The SMILES string of the molecule is O=C(CBr)NC1CCN2CCCC12. The van der Waals surface area contributed by atoms with Gasteiger partial charge in [0.25, 0.3) is 0 Å². The molecule has 0 spiro atoms. The quantitative estimate of drug-likeness (QED) is 0.730. The van der Waals surface area contributed by atoms with Gasteiger partial charge in [-0.1, -0.05) is 15.9 Å². The standard InChI is InChI=1S/C9H15BrN2O/c10-6-9(13)11-7-3-5-12-4-1-2-8(7)12/h7-8H,1-6H2,(H,11,13). The first-order valence-corrected chi connectivity index (χ1v) is 6.03. The highest BCUT2D eigenvalue weighted by Gasteiger charge is 2.37. The third-order valence-corrected chi connectivity index (χ3v) is 3.58. The molecule has 2 unspecified atom stereocenters. The van der Waals surface area contributed by atoms with E-state index in [0.717, 1.165) is 13.0 Å². The van der Waals surface area contributed by atoms with Crippen molar-refractivity contribution in [2.45, 2.75) is 31.3 Å². The highest BCUT2D eigenvalue weighted by Crippen LogP contribution is 2.27. The van der Waals surface area contributed by atoms with Crippen molar-refractivity contribution in [2.75, 3.05) is 18.4 Å². The predicted molar refractivity (Wildman–Crippen MR) is 54.9 cm³/mol. The zero-order valence-corrected chi connectivity index (χ0v) is 9.22. The molecule has 2 rings (SSSR count). The number of amides is 1. The van der Waals surface area contributed by atoms with Crippen molar-refractivity contribution in [3.63, 3.8) is 0 Å². The minimum Gasteiger partial charge on any atom is -0.351 e. The van der Waals surface area contributed by atoms with Gasteiger partial charge < -0.3 is 5.32 Å². The minimum atomic E-state index is 0.124. The van der Waals surface area contributed by atoms with Gasteiger partial charge in [-0.05, 0) is 25.8 Å². The molecule has 2 fully saturated rings. The summed E-state index contributed by atoms with van der Waals surface area (Å²) in [6, 6.07) is 1.04. The number of fused-ring (bicyclic) bond motifs is 1. The first-order chi connectivity index (χ1) is 6.31. The lowest BCUT2D eigenvalue weighted by molar-refractivity contribution is -0.119. The Morgan fingerprint density at radius 2 is 2.31 bits per heavy atom. The number of nitrogens with zero attached hydrogens (tertiary/aromatic N) is 1. The van der Waals surface area contributed by atoms with Crippen molar-refractivity contribution in [3.05, 3.63) is 0 Å². The largest absolute Gasteiger partial charge is 0.351 e. The van der Waals surface area contributed by atoms with Crippen molar-refractivity contribution in [1.29, 1.82) is 0 Å².